The van der Waals surface area contributed by atoms with Gasteiger partial charge in [-0.2, -0.15) is 0 Å². The number of carbonyl (C=O) groups excluding carboxylic acids is 1. The van der Waals surface area contributed by atoms with Gasteiger partial charge >= 0.3 is 0 Å². The Hall–Kier alpha value is -2.28. The number of fused-ring (bicyclic) bond motifs is 1. The van der Waals surface area contributed by atoms with Crippen LogP contribution < -0.4 is 15.4 Å². The Morgan fingerprint density at radius 1 is 1.15 bits per heavy atom. The number of likely N-dealkylation sites (N-methyl/N-ethyl adjacent to an activating group) is 1. The first-order valence-electron chi connectivity index (χ1n) is 8.41. The standard InChI is InChI=1S/C19H21ClN4O2.ClH/c1-21-10-11-22-19(25)12-24-17-5-3-2-4-16(17)23-18(24)13-26-15-8-6-14(20)7-9-15;/h2-9,21H,10-13H2,1H3,(H,22,25);1H. The van der Waals surface area contributed by atoms with Crippen LogP contribution in [0.1, 0.15) is 5.82 Å². The molecule has 3 rings (SSSR count). The number of benzene rings is 2. The van der Waals surface area contributed by atoms with Crippen molar-refractivity contribution in [3.63, 3.8) is 0 Å². The van der Waals surface area contributed by atoms with Crippen LogP contribution in [0.15, 0.2) is 48.5 Å². The molecule has 1 amide bonds. The van der Waals surface area contributed by atoms with Gasteiger partial charge in [0.05, 0.1) is 11.0 Å². The van der Waals surface area contributed by atoms with Crippen molar-refractivity contribution < 1.29 is 9.53 Å². The maximum Gasteiger partial charge on any atom is 0.240 e. The minimum Gasteiger partial charge on any atom is -0.486 e. The topological polar surface area (TPSA) is 68.2 Å². The molecule has 0 aliphatic rings. The van der Waals surface area contributed by atoms with E-state index in [2.05, 4.69) is 15.6 Å². The zero-order valence-electron chi connectivity index (χ0n) is 14.9. The van der Waals surface area contributed by atoms with Gasteiger partial charge in [-0.25, -0.2) is 4.98 Å². The van der Waals surface area contributed by atoms with Crippen molar-refractivity contribution in [2.24, 2.45) is 0 Å². The summed E-state index contributed by atoms with van der Waals surface area (Å²) in [5.41, 5.74) is 1.75. The number of nitrogens with one attached hydrogen (secondary N) is 2. The molecule has 0 spiro atoms. The van der Waals surface area contributed by atoms with Crippen LogP contribution in [0.3, 0.4) is 0 Å². The second kappa shape index (κ2) is 10.2. The number of imidazole rings is 1. The molecule has 0 fully saturated rings. The van der Waals surface area contributed by atoms with Crippen molar-refractivity contribution in [3.8, 4) is 5.75 Å². The third-order valence-corrected chi connectivity index (χ3v) is 4.17. The first-order chi connectivity index (χ1) is 12.7. The molecule has 0 aliphatic carbocycles. The minimum absolute atomic E-state index is 0. The van der Waals surface area contributed by atoms with E-state index >= 15 is 0 Å². The summed E-state index contributed by atoms with van der Waals surface area (Å²) in [6.45, 7) is 1.77. The maximum atomic E-state index is 12.2. The summed E-state index contributed by atoms with van der Waals surface area (Å²) in [6, 6.07) is 14.9. The van der Waals surface area contributed by atoms with Gasteiger partial charge in [0, 0.05) is 18.1 Å². The molecule has 0 radical (unpaired) electrons. The van der Waals surface area contributed by atoms with Crippen LogP contribution >= 0.6 is 24.0 Å². The van der Waals surface area contributed by atoms with Crippen LogP contribution in [0.5, 0.6) is 5.75 Å². The van der Waals surface area contributed by atoms with Crippen LogP contribution in [-0.2, 0) is 17.9 Å². The number of halogens is 2. The fraction of sp³-hybridized carbons (Fsp3) is 0.263. The number of amides is 1. The van der Waals surface area contributed by atoms with Crippen LogP contribution in [0, 0.1) is 0 Å². The summed E-state index contributed by atoms with van der Waals surface area (Å²) in [4.78, 5) is 16.9. The molecular formula is C19H22Cl2N4O2. The van der Waals surface area contributed by atoms with Crippen molar-refractivity contribution in [2.75, 3.05) is 20.1 Å². The molecule has 6 nitrogen and oxygen atoms in total. The quantitative estimate of drug-likeness (QED) is 0.562. The zero-order valence-corrected chi connectivity index (χ0v) is 16.5. The number of ether oxygens (including phenoxy) is 1. The minimum atomic E-state index is -0.0591. The van der Waals surface area contributed by atoms with E-state index in [1.165, 1.54) is 0 Å². The molecule has 0 aliphatic heterocycles. The third-order valence-electron chi connectivity index (χ3n) is 3.91. The molecular weight excluding hydrogens is 387 g/mol. The van der Waals surface area contributed by atoms with Gasteiger partial charge in [-0.3, -0.25) is 4.79 Å². The number of aromatic nitrogens is 2. The smallest absolute Gasteiger partial charge is 0.240 e. The predicted octanol–water partition coefficient (Wildman–Crippen LogP) is 3.03. The molecule has 0 saturated carbocycles. The van der Waals surface area contributed by atoms with E-state index < -0.39 is 0 Å². The molecule has 0 atom stereocenters. The lowest BCUT2D eigenvalue weighted by Crippen LogP contribution is -2.33. The maximum absolute atomic E-state index is 12.2. The van der Waals surface area contributed by atoms with E-state index in [1.807, 2.05) is 35.9 Å². The SMILES string of the molecule is CNCCNC(=O)Cn1c(COc2ccc(Cl)cc2)nc2ccccc21.Cl. The van der Waals surface area contributed by atoms with Crippen LogP contribution in [0.2, 0.25) is 5.02 Å². The second-order valence-electron chi connectivity index (χ2n) is 5.80. The predicted molar refractivity (Wildman–Crippen MR) is 110 cm³/mol. The lowest BCUT2D eigenvalue weighted by atomic mass is 10.3. The molecule has 0 bridgehead atoms. The molecule has 3 aromatic rings. The first kappa shape index (κ1) is 21.0. The van der Waals surface area contributed by atoms with E-state index in [0.29, 0.717) is 23.1 Å². The highest BCUT2D eigenvalue weighted by molar-refractivity contribution is 6.30. The van der Waals surface area contributed by atoms with Crippen LogP contribution in [0.25, 0.3) is 11.0 Å². The Balaban J connectivity index is 0.00000261. The molecule has 27 heavy (non-hydrogen) atoms. The third kappa shape index (κ3) is 5.60. The highest BCUT2D eigenvalue weighted by atomic mass is 35.5. The van der Waals surface area contributed by atoms with Crippen LogP contribution in [0.4, 0.5) is 0 Å². The number of para-hydroxylation sites is 2. The van der Waals surface area contributed by atoms with Crippen LogP contribution in [-0.4, -0.2) is 35.6 Å². The average molecular weight is 409 g/mol. The molecule has 0 unspecified atom stereocenters. The van der Waals surface area contributed by atoms with Gasteiger partial charge in [0.25, 0.3) is 0 Å². The lowest BCUT2D eigenvalue weighted by Gasteiger charge is -2.11. The van der Waals surface area contributed by atoms with Gasteiger partial charge in [-0.05, 0) is 43.4 Å². The van der Waals surface area contributed by atoms with E-state index in [1.54, 1.807) is 24.3 Å². The summed E-state index contributed by atoms with van der Waals surface area (Å²) in [7, 11) is 1.85. The van der Waals surface area contributed by atoms with E-state index in [0.717, 1.165) is 17.6 Å². The summed E-state index contributed by atoms with van der Waals surface area (Å²) < 4.78 is 7.70. The lowest BCUT2D eigenvalue weighted by molar-refractivity contribution is -0.121. The van der Waals surface area contributed by atoms with Gasteiger partial charge in [-0.15, -0.1) is 12.4 Å². The largest absolute Gasteiger partial charge is 0.486 e. The number of hydrogen-bond donors (Lipinski definition) is 2. The molecule has 2 aromatic carbocycles. The average Bonchev–Trinajstić information content (AvgIpc) is 2.99. The highest BCUT2D eigenvalue weighted by Gasteiger charge is 2.14. The van der Waals surface area contributed by atoms with Gasteiger partial charge in [0.15, 0.2) is 0 Å². The molecule has 2 N–H and O–H groups in total. The fourth-order valence-corrected chi connectivity index (χ4v) is 2.74. The van der Waals surface area contributed by atoms with E-state index in [9.17, 15) is 4.79 Å². The zero-order chi connectivity index (χ0) is 18.4. The van der Waals surface area contributed by atoms with Gasteiger partial charge < -0.3 is 19.9 Å². The van der Waals surface area contributed by atoms with Crippen molar-refractivity contribution in [3.05, 3.63) is 59.4 Å². The molecule has 1 aromatic heterocycles. The van der Waals surface area contributed by atoms with Crippen molar-refractivity contribution in [1.29, 1.82) is 0 Å². The Kier molecular flexibility index (Phi) is 7.91. The molecule has 1 heterocycles. The molecule has 144 valence electrons. The Labute approximate surface area is 169 Å². The van der Waals surface area contributed by atoms with Gasteiger partial charge in [-0.1, -0.05) is 23.7 Å². The highest BCUT2D eigenvalue weighted by Crippen LogP contribution is 2.19. The van der Waals surface area contributed by atoms with Crippen molar-refractivity contribution in [2.45, 2.75) is 13.2 Å². The number of rotatable bonds is 8. The monoisotopic (exact) mass is 408 g/mol. The van der Waals surface area contributed by atoms with Gasteiger partial charge in [0.2, 0.25) is 5.91 Å². The summed E-state index contributed by atoms with van der Waals surface area (Å²) in [5, 5.41) is 6.55. The second-order valence-corrected chi connectivity index (χ2v) is 6.24. The van der Waals surface area contributed by atoms with Crippen molar-refractivity contribution >= 4 is 40.9 Å². The summed E-state index contributed by atoms with van der Waals surface area (Å²) in [5.74, 6) is 1.34. The van der Waals surface area contributed by atoms with Gasteiger partial charge in [0.1, 0.15) is 24.7 Å². The number of carbonyl (C=O) groups is 1. The Morgan fingerprint density at radius 3 is 2.63 bits per heavy atom. The van der Waals surface area contributed by atoms with Crippen molar-refractivity contribution in [1.82, 2.24) is 20.2 Å². The van der Waals surface area contributed by atoms with E-state index in [-0.39, 0.29) is 31.5 Å². The first-order valence-corrected chi connectivity index (χ1v) is 8.79. The number of nitrogens with zero attached hydrogens (tertiary/aromatic N) is 2. The number of hydrogen-bond acceptors (Lipinski definition) is 4. The molecule has 8 heteroatoms. The molecule has 0 saturated heterocycles. The summed E-state index contributed by atoms with van der Waals surface area (Å²) in [6.07, 6.45) is 0. The summed E-state index contributed by atoms with van der Waals surface area (Å²) >= 11 is 5.90. The van der Waals surface area contributed by atoms with E-state index in [4.69, 9.17) is 16.3 Å². The Morgan fingerprint density at radius 2 is 1.89 bits per heavy atom. The fourth-order valence-electron chi connectivity index (χ4n) is 2.62. The normalized spacial score (nSPS) is 10.4. The Bertz CT molecular complexity index is 881.